The van der Waals surface area contributed by atoms with E-state index in [2.05, 4.69) is 20.0 Å². The summed E-state index contributed by atoms with van der Waals surface area (Å²) in [5.41, 5.74) is 1.03. The van der Waals surface area contributed by atoms with E-state index < -0.39 is 6.09 Å². The van der Waals surface area contributed by atoms with Crippen LogP contribution in [0.4, 0.5) is 10.7 Å². The normalized spacial score (nSPS) is 9.57. The molecule has 76 valence electrons. The van der Waals surface area contributed by atoms with Gasteiger partial charge in [0.05, 0.1) is 0 Å². The quantitative estimate of drug-likeness (QED) is 0.685. The molecule has 0 saturated heterocycles. The number of ether oxygens (including phenoxy) is 1. The van der Waals surface area contributed by atoms with Gasteiger partial charge in [-0.15, -0.1) is 0 Å². The zero-order chi connectivity index (χ0) is 10.4. The van der Waals surface area contributed by atoms with Gasteiger partial charge in [-0.05, 0) is 34.6 Å². The molecule has 0 spiro atoms. The highest BCUT2D eigenvalue weighted by molar-refractivity contribution is 14.1. The van der Waals surface area contributed by atoms with Gasteiger partial charge in [0.15, 0.2) is 0 Å². The number of halogens is 1. The lowest BCUT2D eigenvalue weighted by atomic mass is 10.3. The molecule has 0 aliphatic rings. The van der Waals surface area contributed by atoms with Gasteiger partial charge in [-0.3, -0.25) is 5.32 Å². The first-order valence-corrected chi connectivity index (χ1v) is 5.59. The largest absolute Gasteiger partial charge is 0.439 e. The number of aromatic nitrogens is 2. The van der Waals surface area contributed by atoms with Crippen LogP contribution in [-0.4, -0.2) is 20.7 Å². The highest BCUT2D eigenvalue weighted by atomic mass is 127. The number of aryl methyl sites for hydroxylation is 1. The van der Waals surface area contributed by atoms with Crippen LogP contribution in [0.25, 0.3) is 0 Å². The van der Waals surface area contributed by atoms with Gasteiger partial charge in [0.1, 0.15) is 4.61 Å². The van der Waals surface area contributed by atoms with Crippen molar-refractivity contribution < 1.29 is 9.53 Å². The van der Waals surface area contributed by atoms with Gasteiger partial charge in [-0.2, -0.15) is 0 Å². The van der Waals surface area contributed by atoms with Gasteiger partial charge >= 0.3 is 6.09 Å². The Morgan fingerprint density at radius 3 is 2.71 bits per heavy atom. The van der Waals surface area contributed by atoms with E-state index in [-0.39, 0.29) is 5.95 Å². The fraction of sp³-hybridized carbons (Fsp3) is 0.375. The van der Waals surface area contributed by atoms with Crippen molar-refractivity contribution in [2.24, 2.45) is 0 Å². The number of nitrogens with one attached hydrogen (secondary N) is 1. The van der Waals surface area contributed by atoms with Gasteiger partial charge in [0, 0.05) is 12.4 Å². The summed E-state index contributed by atoms with van der Waals surface area (Å²) < 4.78 is 4.96. The minimum Gasteiger partial charge on any atom is -0.439 e. The number of rotatable bonds is 3. The molecule has 0 aromatic carbocycles. The zero-order valence-electron chi connectivity index (χ0n) is 7.66. The van der Waals surface area contributed by atoms with Crippen molar-refractivity contribution >= 4 is 34.6 Å². The highest BCUT2D eigenvalue weighted by Crippen LogP contribution is 2.01. The second kappa shape index (κ2) is 5.74. The number of carbonyl (C=O) groups excluding carboxylic acids is 1. The Morgan fingerprint density at radius 1 is 1.57 bits per heavy atom. The number of nitrogens with zero attached hydrogens (tertiary/aromatic N) is 2. The monoisotopic (exact) mass is 307 g/mol. The third kappa shape index (κ3) is 3.44. The molecule has 1 aromatic rings. The summed E-state index contributed by atoms with van der Waals surface area (Å²) in [5, 5.41) is 2.41. The van der Waals surface area contributed by atoms with E-state index in [4.69, 9.17) is 0 Å². The molecule has 0 atom stereocenters. The molecule has 6 heteroatoms. The molecule has 1 amide bonds. The van der Waals surface area contributed by atoms with Crippen LogP contribution in [0.2, 0.25) is 0 Å². The zero-order valence-corrected chi connectivity index (χ0v) is 9.82. The average Bonchev–Trinajstić information content (AvgIpc) is 2.19. The molecule has 0 radical (unpaired) electrons. The molecule has 0 aliphatic heterocycles. The summed E-state index contributed by atoms with van der Waals surface area (Å²) in [7, 11) is 0. The second-order valence-electron chi connectivity index (χ2n) is 2.43. The standard InChI is InChI=1S/C8H10IN3O2/c1-2-6-3-10-7(11-4-6)12-8(13)14-5-9/h3-4H,2,5H2,1H3,(H,10,11,12,13). The van der Waals surface area contributed by atoms with Gasteiger partial charge in [0.2, 0.25) is 5.95 Å². The Bertz CT molecular complexity index is 302. The van der Waals surface area contributed by atoms with E-state index >= 15 is 0 Å². The van der Waals surface area contributed by atoms with Gasteiger partial charge in [0.25, 0.3) is 0 Å². The van der Waals surface area contributed by atoms with Crippen LogP contribution < -0.4 is 5.32 Å². The molecular formula is C8H10IN3O2. The van der Waals surface area contributed by atoms with E-state index in [1.807, 2.05) is 29.5 Å². The van der Waals surface area contributed by atoms with Crippen molar-refractivity contribution in [2.45, 2.75) is 13.3 Å². The van der Waals surface area contributed by atoms with Crippen LogP contribution in [0.1, 0.15) is 12.5 Å². The lowest BCUT2D eigenvalue weighted by Crippen LogP contribution is -2.14. The molecule has 0 unspecified atom stereocenters. The summed E-state index contributed by atoms with van der Waals surface area (Å²) in [6, 6.07) is 0. The minimum atomic E-state index is -0.538. The van der Waals surface area contributed by atoms with Crippen LogP contribution in [0.15, 0.2) is 12.4 Å². The molecule has 0 bridgehead atoms. The SMILES string of the molecule is CCc1cnc(NC(=O)OCI)nc1. The molecule has 1 heterocycles. The second-order valence-corrected chi connectivity index (χ2v) is 3.06. The van der Waals surface area contributed by atoms with E-state index in [0.717, 1.165) is 12.0 Å². The van der Waals surface area contributed by atoms with Crippen molar-refractivity contribution in [3.63, 3.8) is 0 Å². The molecule has 14 heavy (non-hydrogen) atoms. The summed E-state index contributed by atoms with van der Waals surface area (Å²) in [4.78, 5) is 18.8. The number of alkyl halides is 1. The summed E-state index contributed by atoms with van der Waals surface area (Å²) in [6.45, 7) is 2.01. The Hall–Kier alpha value is -0.920. The fourth-order valence-corrected chi connectivity index (χ4v) is 1.06. The molecule has 5 nitrogen and oxygen atoms in total. The first-order chi connectivity index (χ1) is 6.76. The third-order valence-electron chi connectivity index (χ3n) is 1.51. The Morgan fingerprint density at radius 2 is 2.21 bits per heavy atom. The lowest BCUT2D eigenvalue weighted by Gasteiger charge is -2.02. The van der Waals surface area contributed by atoms with Crippen molar-refractivity contribution in [2.75, 3.05) is 9.93 Å². The molecule has 0 fully saturated rings. The summed E-state index contributed by atoms with van der Waals surface area (Å²) in [5.74, 6) is 0.261. The summed E-state index contributed by atoms with van der Waals surface area (Å²) >= 11 is 1.93. The first kappa shape index (κ1) is 11.2. The maximum atomic E-state index is 10.9. The molecule has 1 aromatic heterocycles. The van der Waals surface area contributed by atoms with Crippen LogP contribution >= 0.6 is 22.6 Å². The Kier molecular flexibility index (Phi) is 4.57. The Balaban J connectivity index is 2.55. The van der Waals surface area contributed by atoms with Crippen molar-refractivity contribution in [1.82, 2.24) is 9.97 Å². The predicted octanol–water partition coefficient (Wildman–Crippen LogP) is 1.98. The predicted molar refractivity (Wildman–Crippen MR) is 60.4 cm³/mol. The smallest absolute Gasteiger partial charge is 0.414 e. The first-order valence-electron chi connectivity index (χ1n) is 4.07. The average molecular weight is 307 g/mol. The maximum Gasteiger partial charge on any atom is 0.414 e. The van der Waals surface area contributed by atoms with Crippen molar-refractivity contribution in [1.29, 1.82) is 0 Å². The number of amides is 1. The number of hydrogen-bond acceptors (Lipinski definition) is 4. The molecule has 0 saturated carbocycles. The van der Waals surface area contributed by atoms with Gasteiger partial charge < -0.3 is 4.74 Å². The number of hydrogen-bond donors (Lipinski definition) is 1. The maximum absolute atomic E-state index is 10.9. The van der Waals surface area contributed by atoms with E-state index in [0.29, 0.717) is 4.61 Å². The van der Waals surface area contributed by atoms with Crippen LogP contribution in [-0.2, 0) is 11.2 Å². The van der Waals surface area contributed by atoms with Crippen LogP contribution in [0.3, 0.4) is 0 Å². The third-order valence-corrected chi connectivity index (χ3v) is 1.82. The molecule has 0 aliphatic carbocycles. The fourth-order valence-electron chi connectivity index (χ4n) is 0.779. The van der Waals surface area contributed by atoms with E-state index in [9.17, 15) is 4.79 Å². The summed E-state index contributed by atoms with van der Waals surface area (Å²) in [6.07, 6.45) is 3.68. The lowest BCUT2D eigenvalue weighted by molar-refractivity contribution is 0.184. The highest BCUT2D eigenvalue weighted by Gasteiger charge is 2.03. The van der Waals surface area contributed by atoms with E-state index in [1.54, 1.807) is 12.4 Å². The topological polar surface area (TPSA) is 64.1 Å². The number of carbonyl (C=O) groups is 1. The van der Waals surface area contributed by atoms with E-state index in [1.165, 1.54) is 0 Å². The van der Waals surface area contributed by atoms with Crippen LogP contribution in [0, 0.1) is 0 Å². The van der Waals surface area contributed by atoms with Crippen molar-refractivity contribution in [3.8, 4) is 0 Å². The molecular weight excluding hydrogens is 297 g/mol. The van der Waals surface area contributed by atoms with Gasteiger partial charge in [-0.25, -0.2) is 14.8 Å². The Labute approximate surface area is 95.4 Å². The van der Waals surface area contributed by atoms with Crippen LogP contribution in [0.5, 0.6) is 0 Å². The molecule has 1 N–H and O–H groups in total. The minimum absolute atomic E-state index is 0.261. The van der Waals surface area contributed by atoms with Crippen molar-refractivity contribution in [3.05, 3.63) is 18.0 Å². The number of anilines is 1. The molecule has 1 rings (SSSR count). The van der Waals surface area contributed by atoms with Gasteiger partial charge in [-0.1, -0.05) is 6.92 Å².